The molecule has 1 fully saturated rings. The first-order valence-electron chi connectivity index (χ1n) is 8.98. The molecule has 0 spiro atoms. The van der Waals surface area contributed by atoms with Gasteiger partial charge < -0.3 is 14.2 Å². The van der Waals surface area contributed by atoms with Crippen molar-refractivity contribution in [2.24, 2.45) is 0 Å². The molecule has 4 nitrogen and oxygen atoms in total. The number of piperazine rings is 1. The van der Waals surface area contributed by atoms with E-state index in [1.54, 1.807) is 27.4 Å². The summed E-state index contributed by atoms with van der Waals surface area (Å²) in [4.78, 5) is 8.16. The Morgan fingerprint density at radius 3 is 2.48 bits per heavy atom. The molecule has 1 saturated heterocycles. The fraction of sp³-hybridized carbons (Fsp3) is 0.350. The van der Waals surface area contributed by atoms with Gasteiger partial charge >= 0.3 is 0 Å². The van der Waals surface area contributed by atoms with Gasteiger partial charge in [-0.2, -0.15) is 0 Å². The minimum absolute atomic E-state index is 1.01. The molecule has 0 atom stereocenters. The Balaban J connectivity index is 1.32. The highest BCUT2D eigenvalue weighted by Gasteiger charge is 2.24. The third kappa shape index (κ3) is 4.00. The van der Waals surface area contributed by atoms with Gasteiger partial charge in [0.05, 0.1) is 6.26 Å². The molecule has 1 aromatic carbocycles. The van der Waals surface area contributed by atoms with E-state index in [-0.39, 0.29) is 0 Å². The van der Waals surface area contributed by atoms with Crippen LogP contribution in [0.1, 0.15) is 17.0 Å². The molecular formula is C20H25N3OS+2. The molecule has 130 valence electrons. The number of nitrogens with one attached hydrogen (secondary N) is 2. The first-order valence-corrected chi connectivity index (χ1v) is 9.86. The summed E-state index contributed by atoms with van der Waals surface area (Å²) in [6, 6.07) is 12.6. The molecular weight excluding hydrogens is 330 g/mol. The second-order valence-corrected chi connectivity index (χ2v) is 7.75. The highest BCUT2D eigenvalue weighted by atomic mass is 32.1. The molecule has 0 radical (unpaired) electrons. The van der Waals surface area contributed by atoms with Crippen LogP contribution in [0.3, 0.4) is 0 Å². The lowest BCUT2D eigenvalue weighted by Gasteiger charge is -2.28. The van der Waals surface area contributed by atoms with Gasteiger partial charge in [0.2, 0.25) is 0 Å². The molecule has 25 heavy (non-hydrogen) atoms. The molecule has 0 bridgehead atoms. The van der Waals surface area contributed by atoms with E-state index in [0.717, 1.165) is 23.9 Å². The summed E-state index contributed by atoms with van der Waals surface area (Å²) in [6.45, 7) is 9.00. The first-order chi connectivity index (χ1) is 12.3. The van der Waals surface area contributed by atoms with Gasteiger partial charge in [-0.3, -0.25) is 0 Å². The Morgan fingerprint density at radius 2 is 1.76 bits per heavy atom. The number of aromatic nitrogens is 1. The maximum atomic E-state index is 5.48. The summed E-state index contributed by atoms with van der Waals surface area (Å²) in [6.07, 6.45) is 1.77. The summed E-state index contributed by atoms with van der Waals surface area (Å²) in [7, 11) is 0. The third-order valence-corrected chi connectivity index (χ3v) is 5.95. The number of hydrogen-bond acceptors (Lipinski definition) is 3. The van der Waals surface area contributed by atoms with Crippen LogP contribution in [0, 0.1) is 6.92 Å². The fourth-order valence-electron chi connectivity index (χ4n) is 3.55. The zero-order valence-corrected chi connectivity index (χ0v) is 15.4. The lowest BCUT2D eigenvalue weighted by atomic mass is 10.1. The van der Waals surface area contributed by atoms with Crippen molar-refractivity contribution in [3.05, 3.63) is 65.1 Å². The van der Waals surface area contributed by atoms with Crippen molar-refractivity contribution in [1.29, 1.82) is 0 Å². The maximum absolute atomic E-state index is 5.48. The van der Waals surface area contributed by atoms with Gasteiger partial charge in [-0.05, 0) is 24.6 Å². The van der Waals surface area contributed by atoms with Crippen molar-refractivity contribution in [3.8, 4) is 10.6 Å². The Morgan fingerprint density at radius 1 is 1.00 bits per heavy atom. The number of rotatable bonds is 5. The molecule has 1 aliphatic rings. The number of furan rings is 1. The summed E-state index contributed by atoms with van der Waals surface area (Å²) in [5.41, 5.74) is 3.79. The maximum Gasteiger partial charge on any atom is 0.157 e. The molecule has 0 amide bonds. The molecule has 3 aromatic rings. The standard InChI is InChI=1S/C20H23N3OS/c1-16-5-2-3-7-19(16)20-21-17(15-25-20)13-22-8-10-23(11-9-22)14-18-6-4-12-24-18/h2-7,12,15H,8-11,13-14H2,1H3/p+2. The minimum Gasteiger partial charge on any atom is -0.463 e. The smallest absolute Gasteiger partial charge is 0.157 e. The van der Waals surface area contributed by atoms with E-state index in [2.05, 4.69) is 42.6 Å². The minimum atomic E-state index is 1.01. The van der Waals surface area contributed by atoms with Gasteiger partial charge in [-0.25, -0.2) is 4.98 Å². The van der Waals surface area contributed by atoms with Crippen molar-refractivity contribution in [3.63, 3.8) is 0 Å². The normalized spacial score (nSPS) is 20.7. The quantitative estimate of drug-likeness (QED) is 0.721. The Hall–Kier alpha value is -1.95. The fourth-order valence-corrected chi connectivity index (χ4v) is 4.46. The zero-order valence-electron chi connectivity index (χ0n) is 14.6. The molecule has 0 saturated carbocycles. The van der Waals surface area contributed by atoms with Crippen LogP contribution in [-0.4, -0.2) is 31.2 Å². The van der Waals surface area contributed by atoms with Gasteiger partial charge in [0, 0.05) is 10.9 Å². The van der Waals surface area contributed by atoms with E-state index in [4.69, 9.17) is 9.40 Å². The average molecular weight is 356 g/mol. The van der Waals surface area contributed by atoms with Gasteiger partial charge in [0.25, 0.3) is 0 Å². The molecule has 2 aromatic heterocycles. The van der Waals surface area contributed by atoms with Crippen LogP contribution in [0.25, 0.3) is 10.6 Å². The van der Waals surface area contributed by atoms with Crippen LogP contribution in [0.5, 0.6) is 0 Å². The predicted molar refractivity (Wildman–Crippen MR) is 99.8 cm³/mol. The van der Waals surface area contributed by atoms with Crippen LogP contribution in [0.15, 0.2) is 52.5 Å². The zero-order chi connectivity index (χ0) is 17.1. The molecule has 2 N–H and O–H groups in total. The first kappa shape index (κ1) is 16.5. The van der Waals surface area contributed by atoms with Crippen LogP contribution in [-0.2, 0) is 13.1 Å². The SMILES string of the molecule is Cc1ccccc1-c1nc(C[NH+]2CC[NH+](Cc3ccco3)CC2)cs1. The van der Waals surface area contributed by atoms with Gasteiger partial charge in [0.15, 0.2) is 5.76 Å². The van der Waals surface area contributed by atoms with Gasteiger partial charge in [-0.1, -0.05) is 24.3 Å². The monoisotopic (exact) mass is 355 g/mol. The van der Waals surface area contributed by atoms with Gasteiger partial charge in [0.1, 0.15) is 50.0 Å². The second kappa shape index (κ2) is 7.52. The Labute approximate surface area is 152 Å². The van der Waals surface area contributed by atoms with E-state index in [0.29, 0.717) is 0 Å². The molecule has 0 aliphatic carbocycles. The molecule has 3 heterocycles. The van der Waals surface area contributed by atoms with Crippen LogP contribution in [0.4, 0.5) is 0 Å². The number of quaternary nitrogens is 2. The Kier molecular flexibility index (Phi) is 4.97. The van der Waals surface area contributed by atoms with E-state index in [9.17, 15) is 0 Å². The molecule has 1 aliphatic heterocycles. The predicted octanol–water partition coefficient (Wildman–Crippen LogP) is 1.20. The van der Waals surface area contributed by atoms with Crippen molar-refractivity contribution in [1.82, 2.24) is 4.98 Å². The highest BCUT2D eigenvalue weighted by Crippen LogP contribution is 2.26. The average Bonchev–Trinajstić information content (AvgIpc) is 3.29. The third-order valence-electron chi connectivity index (χ3n) is 5.03. The van der Waals surface area contributed by atoms with E-state index < -0.39 is 0 Å². The molecule has 0 unspecified atom stereocenters. The number of hydrogen-bond donors (Lipinski definition) is 2. The molecule has 4 rings (SSSR count). The van der Waals surface area contributed by atoms with Crippen molar-refractivity contribution in [2.75, 3.05) is 26.2 Å². The summed E-state index contributed by atoms with van der Waals surface area (Å²) >= 11 is 1.77. The van der Waals surface area contributed by atoms with E-state index >= 15 is 0 Å². The summed E-state index contributed by atoms with van der Waals surface area (Å²) < 4.78 is 5.48. The van der Waals surface area contributed by atoms with E-state index in [1.807, 2.05) is 6.07 Å². The Bertz CT molecular complexity index is 804. The van der Waals surface area contributed by atoms with Crippen molar-refractivity contribution < 1.29 is 14.2 Å². The second-order valence-electron chi connectivity index (χ2n) is 6.89. The number of aryl methyl sites for hydroxylation is 1. The van der Waals surface area contributed by atoms with E-state index in [1.165, 1.54) is 43.0 Å². The van der Waals surface area contributed by atoms with Gasteiger partial charge in [-0.15, -0.1) is 11.3 Å². The lowest BCUT2D eigenvalue weighted by Crippen LogP contribution is -3.27. The summed E-state index contributed by atoms with van der Waals surface area (Å²) in [5, 5.41) is 3.38. The topological polar surface area (TPSA) is 34.9 Å². The largest absolute Gasteiger partial charge is 0.463 e. The van der Waals surface area contributed by atoms with Crippen LogP contribution >= 0.6 is 11.3 Å². The van der Waals surface area contributed by atoms with Crippen LogP contribution in [0.2, 0.25) is 0 Å². The molecule has 5 heteroatoms. The van der Waals surface area contributed by atoms with Crippen molar-refractivity contribution in [2.45, 2.75) is 20.0 Å². The number of nitrogens with zero attached hydrogens (tertiary/aromatic N) is 1. The number of benzene rings is 1. The number of thiazole rings is 1. The van der Waals surface area contributed by atoms with Crippen LogP contribution < -0.4 is 9.80 Å². The van der Waals surface area contributed by atoms with Crippen molar-refractivity contribution >= 4 is 11.3 Å². The lowest BCUT2D eigenvalue weighted by molar-refractivity contribution is -1.02. The highest BCUT2D eigenvalue weighted by molar-refractivity contribution is 7.13. The summed E-state index contributed by atoms with van der Waals surface area (Å²) in [5.74, 6) is 1.10.